The highest BCUT2D eigenvalue weighted by atomic mass is 35.5. The number of nitrogens with zero attached hydrogens (tertiary/aromatic N) is 1. The molecule has 2 aromatic heterocycles. The molecule has 0 radical (unpaired) electrons. The second-order valence-electron chi connectivity index (χ2n) is 7.80. The van der Waals surface area contributed by atoms with Crippen LogP contribution in [-0.2, 0) is 6.54 Å². The van der Waals surface area contributed by atoms with Crippen LogP contribution in [0.15, 0.2) is 72.8 Å². The van der Waals surface area contributed by atoms with Crippen LogP contribution >= 0.6 is 11.6 Å². The number of carbonyl (C=O) groups excluding carboxylic acids is 1. The van der Waals surface area contributed by atoms with Crippen LogP contribution in [0.25, 0.3) is 33.1 Å². The molecule has 7 heteroatoms. The van der Waals surface area contributed by atoms with Gasteiger partial charge in [-0.1, -0.05) is 48.0 Å². The third-order valence-electron chi connectivity index (χ3n) is 5.73. The van der Waals surface area contributed by atoms with Crippen molar-refractivity contribution in [2.75, 3.05) is 14.2 Å². The Balaban J connectivity index is 1.65. The third-order valence-corrected chi connectivity index (χ3v) is 5.96. The van der Waals surface area contributed by atoms with Crippen molar-refractivity contribution < 1.29 is 14.3 Å². The molecule has 0 aliphatic carbocycles. The number of para-hydroxylation sites is 2. The molecule has 2 heterocycles. The van der Waals surface area contributed by atoms with Crippen molar-refractivity contribution in [1.82, 2.24) is 15.3 Å². The van der Waals surface area contributed by atoms with Gasteiger partial charge in [0, 0.05) is 33.4 Å². The van der Waals surface area contributed by atoms with E-state index in [0.717, 1.165) is 32.9 Å². The average Bonchev–Trinajstić information content (AvgIpc) is 3.25. The van der Waals surface area contributed by atoms with Crippen LogP contribution in [0.4, 0.5) is 0 Å². The number of carbonyl (C=O) groups is 1. The maximum atomic E-state index is 13.2. The van der Waals surface area contributed by atoms with Crippen LogP contribution in [0.2, 0.25) is 5.02 Å². The van der Waals surface area contributed by atoms with E-state index in [-0.39, 0.29) is 5.91 Å². The smallest absolute Gasteiger partial charge is 0.270 e. The summed E-state index contributed by atoms with van der Waals surface area (Å²) in [5.41, 5.74) is 4.32. The number of ether oxygens (including phenoxy) is 2. The maximum Gasteiger partial charge on any atom is 0.270 e. The molecule has 0 atom stereocenters. The summed E-state index contributed by atoms with van der Waals surface area (Å²) in [5, 5.41) is 5.48. The topological polar surface area (TPSA) is 76.2 Å². The van der Waals surface area contributed by atoms with Gasteiger partial charge in [-0.25, -0.2) is 4.98 Å². The molecule has 0 aliphatic rings. The zero-order chi connectivity index (χ0) is 23.7. The van der Waals surface area contributed by atoms with E-state index in [1.165, 1.54) is 0 Å². The first kappa shape index (κ1) is 21.8. The highest BCUT2D eigenvalue weighted by Gasteiger charge is 2.21. The van der Waals surface area contributed by atoms with Gasteiger partial charge in [-0.2, -0.15) is 0 Å². The summed E-state index contributed by atoms with van der Waals surface area (Å²) in [5.74, 6) is 0.853. The number of halogens is 1. The molecule has 0 aliphatic heterocycles. The second kappa shape index (κ2) is 9.08. The Morgan fingerprint density at radius 2 is 1.79 bits per heavy atom. The molecule has 0 unspecified atom stereocenters. The molecule has 0 fully saturated rings. The first-order valence-electron chi connectivity index (χ1n) is 10.7. The molecule has 6 nitrogen and oxygen atoms in total. The van der Waals surface area contributed by atoms with Crippen LogP contribution in [0, 0.1) is 0 Å². The quantitative estimate of drug-likeness (QED) is 0.319. The van der Waals surface area contributed by atoms with Crippen LogP contribution in [0.3, 0.4) is 0 Å². The van der Waals surface area contributed by atoms with Crippen molar-refractivity contribution in [3.63, 3.8) is 0 Å². The van der Waals surface area contributed by atoms with E-state index in [1.807, 2.05) is 66.7 Å². The van der Waals surface area contributed by atoms with Gasteiger partial charge in [-0.05, 0) is 42.0 Å². The summed E-state index contributed by atoms with van der Waals surface area (Å²) in [6.45, 7) is 0.338. The predicted molar refractivity (Wildman–Crippen MR) is 135 cm³/mol. The molecule has 34 heavy (non-hydrogen) atoms. The van der Waals surface area contributed by atoms with E-state index in [9.17, 15) is 4.79 Å². The number of nitrogens with one attached hydrogen (secondary N) is 2. The third kappa shape index (κ3) is 3.93. The summed E-state index contributed by atoms with van der Waals surface area (Å²) in [4.78, 5) is 21.4. The second-order valence-corrected chi connectivity index (χ2v) is 8.24. The Bertz CT molecular complexity index is 1530. The molecular formula is C27H22ClN3O3. The number of hydrogen-bond donors (Lipinski definition) is 2. The fraction of sp³-hybridized carbons (Fsp3) is 0.111. The number of benzene rings is 3. The molecular weight excluding hydrogens is 450 g/mol. The van der Waals surface area contributed by atoms with Gasteiger partial charge >= 0.3 is 0 Å². The normalized spacial score (nSPS) is 11.0. The van der Waals surface area contributed by atoms with Gasteiger partial charge in [0.15, 0.2) is 11.5 Å². The van der Waals surface area contributed by atoms with Crippen molar-refractivity contribution >= 4 is 39.3 Å². The highest BCUT2D eigenvalue weighted by molar-refractivity contribution is 6.30. The van der Waals surface area contributed by atoms with Crippen LogP contribution in [0.5, 0.6) is 11.5 Å². The van der Waals surface area contributed by atoms with Gasteiger partial charge in [-0.15, -0.1) is 0 Å². The Labute approximate surface area is 201 Å². The summed E-state index contributed by atoms with van der Waals surface area (Å²) in [7, 11) is 3.18. The number of amides is 1. The van der Waals surface area contributed by atoms with E-state index in [4.69, 9.17) is 26.1 Å². The van der Waals surface area contributed by atoms with Crippen molar-refractivity contribution in [2.24, 2.45) is 0 Å². The molecule has 2 N–H and O–H groups in total. The Hall–Kier alpha value is -4.03. The van der Waals surface area contributed by atoms with Gasteiger partial charge in [-0.3, -0.25) is 4.79 Å². The maximum absolute atomic E-state index is 13.2. The summed E-state index contributed by atoms with van der Waals surface area (Å²) < 4.78 is 11.2. The molecule has 5 rings (SSSR count). The minimum Gasteiger partial charge on any atom is -0.493 e. The number of aromatic nitrogens is 2. The van der Waals surface area contributed by atoms with Crippen molar-refractivity contribution in [1.29, 1.82) is 0 Å². The van der Waals surface area contributed by atoms with Gasteiger partial charge < -0.3 is 19.8 Å². The molecule has 0 spiro atoms. The number of aromatic amines is 1. The minimum atomic E-state index is -0.282. The monoisotopic (exact) mass is 471 g/mol. The van der Waals surface area contributed by atoms with Crippen LogP contribution in [-0.4, -0.2) is 30.1 Å². The van der Waals surface area contributed by atoms with Crippen molar-refractivity contribution in [3.8, 4) is 22.8 Å². The SMILES string of the molecule is COc1cccc(-c2nc(C(=O)NCc3cccc(Cl)c3)cc3c2[nH]c2ccccc23)c1OC. The van der Waals surface area contributed by atoms with E-state index >= 15 is 0 Å². The lowest BCUT2D eigenvalue weighted by Crippen LogP contribution is -2.24. The highest BCUT2D eigenvalue weighted by Crippen LogP contribution is 2.41. The number of methoxy groups -OCH3 is 2. The standard InChI is InChI=1S/C27H22ClN3O3/c1-33-23-12-6-10-19(26(23)34-2)24-25-20(18-9-3-4-11-21(18)30-25)14-22(31-24)27(32)29-15-16-7-5-8-17(28)13-16/h3-14,30H,15H2,1-2H3,(H,29,32). The minimum absolute atomic E-state index is 0.282. The largest absolute Gasteiger partial charge is 0.493 e. The number of H-pyrrole nitrogens is 1. The lowest BCUT2D eigenvalue weighted by Gasteiger charge is -2.14. The summed E-state index contributed by atoms with van der Waals surface area (Å²) in [6, 6.07) is 22.8. The zero-order valence-corrected chi connectivity index (χ0v) is 19.4. The van der Waals surface area contributed by atoms with Gasteiger partial charge in [0.05, 0.1) is 25.4 Å². The van der Waals surface area contributed by atoms with E-state index in [0.29, 0.717) is 34.5 Å². The molecule has 0 saturated heterocycles. The molecule has 1 amide bonds. The molecule has 0 bridgehead atoms. The number of pyridine rings is 1. The van der Waals surface area contributed by atoms with E-state index < -0.39 is 0 Å². The van der Waals surface area contributed by atoms with Gasteiger partial charge in [0.25, 0.3) is 5.91 Å². The van der Waals surface area contributed by atoms with Crippen LogP contribution < -0.4 is 14.8 Å². The Kier molecular flexibility index (Phi) is 5.82. The molecule has 5 aromatic rings. The first-order chi connectivity index (χ1) is 16.6. The van der Waals surface area contributed by atoms with E-state index in [2.05, 4.69) is 10.3 Å². The lowest BCUT2D eigenvalue weighted by atomic mass is 10.0. The Morgan fingerprint density at radius 3 is 2.59 bits per heavy atom. The predicted octanol–water partition coefficient (Wildman–Crippen LogP) is 5.98. The van der Waals surface area contributed by atoms with Crippen LogP contribution in [0.1, 0.15) is 16.1 Å². The summed E-state index contributed by atoms with van der Waals surface area (Å²) >= 11 is 6.08. The molecule has 0 saturated carbocycles. The van der Waals surface area contributed by atoms with E-state index in [1.54, 1.807) is 20.3 Å². The molecule has 170 valence electrons. The Morgan fingerprint density at radius 1 is 0.971 bits per heavy atom. The molecule has 3 aromatic carbocycles. The van der Waals surface area contributed by atoms with Gasteiger partial charge in [0.2, 0.25) is 0 Å². The number of rotatable bonds is 6. The average molecular weight is 472 g/mol. The number of fused-ring (bicyclic) bond motifs is 3. The lowest BCUT2D eigenvalue weighted by molar-refractivity contribution is 0.0946. The van der Waals surface area contributed by atoms with Crippen molar-refractivity contribution in [2.45, 2.75) is 6.54 Å². The fourth-order valence-corrected chi connectivity index (χ4v) is 4.36. The van der Waals surface area contributed by atoms with Crippen molar-refractivity contribution in [3.05, 3.63) is 89.1 Å². The number of hydrogen-bond acceptors (Lipinski definition) is 4. The first-order valence-corrected chi connectivity index (χ1v) is 11.1. The van der Waals surface area contributed by atoms with Gasteiger partial charge in [0.1, 0.15) is 5.69 Å². The summed E-state index contributed by atoms with van der Waals surface area (Å²) in [6.07, 6.45) is 0. The fourth-order valence-electron chi connectivity index (χ4n) is 4.15. The zero-order valence-electron chi connectivity index (χ0n) is 18.7.